The molecule has 1 aliphatic heterocycles. The Bertz CT molecular complexity index is 1040. The molecule has 2 heterocycles. The third-order valence-corrected chi connectivity index (χ3v) is 6.48. The minimum Gasteiger partial charge on any atom is -0.493 e. The molecule has 31 heavy (non-hydrogen) atoms. The SMILES string of the molecule is COc1ccc(-c2csc(NC(=O)[C@H](C)N3C(=O)C4CC=CCC4C3=O)n2)cc1OC. The molecule has 1 aliphatic carbocycles. The number of ether oxygens (including phenoxy) is 2. The second-order valence-corrected chi connectivity index (χ2v) is 8.33. The minimum atomic E-state index is -0.904. The molecule has 4 rings (SSSR count). The van der Waals surface area contributed by atoms with E-state index in [0.29, 0.717) is 35.2 Å². The summed E-state index contributed by atoms with van der Waals surface area (Å²) in [5.41, 5.74) is 1.48. The molecule has 162 valence electrons. The summed E-state index contributed by atoms with van der Waals surface area (Å²) in [6, 6.07) is 4.53. The summed E-state index contributed by atoms with van der Waals surface area (Å²) in [5, 5.41) is 4.94. The van der Waals surface area contributed by atoms with Crippen molar-refractivity contribution in [2.24, 2.45) is 11.8 Å². The van der Waals surface area contributed by atoms with Gasteiger partial charge >= 0.3 is 0 Å². The van der Waals surface area contributed by atoms with E-state index >= 15 is 0 Å². The molecule has 3 atom stereocenters. The lowest BCUT2D eigenvalue weighted by Gasteiger charge is -2.21. The van der Waals surface area contributed by atoms with Gasteiger partial charge in [0.25, 0.3) is 0 Å². The largest absolute Gasteiger partial charge is 0.493 e. The van der Waals surface area contributed by atoms with Gasteiger partial charge < -0.3 is 14.8 Å². The molecule has 2 aromatic rings. The van der Waals surface area contributed by atoms with Gasteiger partial charge in [-0.1, -0.05) is 12.2 Å². The number of imide groups is 1. The van der Waals surface area contributed by atoms with Crippen LogP contribution in [0.15, 0.2) is 35.7 Å². The predicted octanol–water partition coefficient (Wildman–Crippen LogP) is 3.11. The average Bonchev–Trinajstić information content (AvgIpc) is 3.35. The molecule has 2 unspecified atom stereocenters. The van der Waals surface area contributed by atoms with Crippen molar-refractivity contribution in [3.63, 3.8) is 0 Å². The highest BCUT2D eigenvalue weighted by molar-refractivity contribution is 7.14. The molecular weight excluding hydrogens is 418 g/mol. The molecule has 2 aliphatic rings. The smallest absolute Gasteiger partial charge is 0.249 e. The maximum atomic E-state index is 12.8. The summed E-state index contributed by atoms with van der Waals surface area (Å²) in [5.74, 6) is -0.511. The number of likely N-dealkylation sites (tertiary alicyclic amines) is 1. The zero-order valence-electron chi connectivity index (χ0n) is 17.5. The van der Waals surface area contributed by atoms with E-state index in [1.54, 1.807) is 33.3 Å². The van der Waals surface area contributed by atoms with Gasteiger partial charge in [-0.3, -0.25) is 19.3 Å². The van der Waals surface area contributed by atoms with Crippen LogP contribution in [0.5, 0.6) is 11.5 Å². The zero-order valence-corrected chi connectivity index (χ0v) is 18.3. The Kier molecular flexibility index (Phi) is 5.77. The molecule has 0 spiro atoms. The molecule has 0 saturated carbocycles. The lowest BCUT2D eigenvalue weighted by atomic mass is 9.85. The molecule has 1 aromatic carbocycles. The highest BCUT2D eigenvalue weighted by Gasteiger charge is 2.50. The van der Waals surface area contributed by atoms with E-state index in [0.717, 1.165) is 10.5 Å². The van der Waals surface area contributed by atoms with E-state index in [2.05, 4.69) is 10.3 Å². The van der Waals surface area contributed by atoms with Crippen molar-refractivity contribution in [1.29, 1.82) is 0 Å². The van der Waals surface area contributed by atoms with Gasteiger partial charge in [-0.05, 0) is 38.0 Å². The highest BCUT2D eigenvalue weighted by Crippen LogP contribution is 2.37. The van der Waals surface area contributed by atoms with Gasteiger partial charge in [0.15, 0.2) is 16.6 Å². The molecule has 9 heteroatoms. The topological polar surface area (TPSA) is 97.8 Å². The summed E-state index contributed by atoms with van der Waals surface area (Å²) >= 11 is 1.26. The average molecular weight is 442 g/mol. The van der Waals surface area contributed by atoms with Crippen molar-refractivity contribution in [2.45, 2.75) is 25.8 Å². The summed E-state index contributed by atoms with van der Waals surface area (Å²) in [4.78, 5) is 43.8. The van der Waals surface area contributed by atoms with Crippen LogP contribution in [0.1, 0.15) is 19.8 Å². The number of fused-ring (bicyclic) bond motifs is 1. The number of amides is 3. The molecule has 1 fully saturated rings. The van der Waals surface area contributed by atoms with Crippen LogP contribution in [0.4, 0.5) is 5.13 Å². The second kappa shape index (κ2) is 8.50. The molecule has 1 saturated heterocycles. The number of nitrogens with one attached hydrogen (secondary N) is 1. The number of aromatic nitrogens is 1. The molecule has 0 bridgehead atoms. The molecule has 3 amide bonds. The number of hydrogen-bond acceptors (Lipinski definition) is 7. The maximum Gasteiger partial charge on any atom is 0.249 e. The number of thiazole rings is 1. The van der Waals surface area contributed by atoms with Crippen LogP contribution in [0.3, 0.4) is 0 Å². The third-order valence-electron chi connectivity index (χ3n) is 5.72. The number of hydrogen-bond donors (Lipinski definition) is 1. The van der Waals surface area contributed by atoms with Crippen LogP contribution < -0.4 is 14.8 Å². The number of carbonyl (C=O) groups excluding carboxylic acids is 3. The molecule has 0 radical (unpaired) electrons. The minimum absolute atomic E-state index is 0.271. The van der Waals surface area contributed by atoms with Gasteiger partial charge in [-0.15, -0.1) is 11.3 Å². The standard InChI is InChI=1S/C22H23N3O5S/c1-12(25-20(27)14-6-4-5-7-15(14)21(25)28)19(26)24-22-23-16(11-31-22)13-8-9-17(29-2)18(10-13)30-3/h4-5,8-12,14-15H,6-7H2,1-3H3,(H,23,24,26)/t12-,14?,15?/m0/s1. The number of allylic oxidation sites excluding steroid dienone is 2. The fourth-order valence-electron chi connectivity index (χ4n) is 3.99. The highest BCUT2D eigenvalue weighted by atomic mass is 32.1. The molecule has 8 nitrogen and oxygen atoms in total. The predicted molar refractivity (Wildman–Crippen MR) is 116 cm³/mol. The zero-order chi connectivity index (χ0) is 22.1. The number of carbonyl (C=O) groups is 3. The van der Waals surface area contributed by atoms with Gasteiger partial charge in [0, 0.05) is 10.9 Å². The van der Waals surface area contributed by atoms with E-state index in [9.17, 15) is 14.4 Å². The summed E-state index contributed by atoms with van der Waals surface area (Å²) in [7, 11) is 3.12. The second-order valence-electron chi connectivity index (χ2n) is 7.48. The van der Waals surface area contributed by atoms with E-state index in [-0.39, 0.29) is 23.7 Å². The van der Waals surface area contributed by atoms with Crippen molar-refractivity contribution in [3.8, 4) is 22.8 Å². The van der Waals surface area contributed by atoms with Gasteiger partial charge in [0.2, 0.25) is 17.7 Å². The van der Waals surface area contributed by atoms with Crippen molar-refractivity contribution < 1.29 is 23.9 Å². The molecular formula is C22H23N3O5S. The van der Waals surface area contributed by atoms with E-state index in [1.165, 1.54) is 11.3 Å². The van der Waals surface area contributed by atoms with E-state index in [4.69, 9.17) is 9.47 Å². The van der Waals surface area contributed by atoms with Gasteiger partial charge in [0.1, 0.15) is 6.04 Å². The molecule has 1 aromatic heterocycles. The van der Waals surface area contributed by atoms with Crippen LogP contribution in [0, 0.1) is 11.8 Å². The van der Waals surface area contributed by atoms with Crippen LogP contribution in [-0.4, -0.2) is 47.9 Å². The Morgan fingerprint density at radius 3 is 2.39 bits per heavy atom. The van der Waals surface area contributed by atoms with Crippen LogP contribution >= 0.6 is 11.3 Å². The maximum absolute atomic E-state index is 12.8. The first-order chi connectivity index (χ1) is 14.9. The number of anilines is 1. The van der Waals surface area contributed by atoms with E-state index < -0.39 is 11.9 Å². The Hall–Kier alpha value is -3.20. The van der Waals surface area contributed by atoms with Crippen molar-refractivity contribution in [1.82, 2.24) is 9.88 Å². The normalized spacial score (nSPS) is 21.1. The summed E-state index contributed by atoms with van der Waals surface area (Å²) in [6.45, 7) is 1.57. The Morgan fingerprint density at radius 1 is 1.13 bits per heavy atom. The fourth-order valence-corrected chi connectivity index (χ4v) is 4.72. The summed E-state index contributed by atoms with van der Waals surface area (Å²) < 4.78 is 10.6. The third kappa shape index (κ3) is 3.81. The first-order valence-electron chi connectivity index (χ1n) is 9.95. The lowest BCUT2D eigenvalue weighted by Crippen LogP contribution is -2.46. The number of methoxy groups -OCH3 is 2. The van der Waals surface area contributed by atoms with E-state index in [1.807, 2.05) is 23.6 Å². The van der Waals surface area contributed by atoms with Crippen LogP contribution in [-0.2, 0) is 14.4 Å². The molecule has 1 N–H and O–H groups in total. The quantitative estimate of drug-likeness (QED) is 0.546. The fraction of sp³-hybridized carbons (Fsp3) is 0.364. The Balaban J connectivity index is 1.47. The first-order valence-corrected chi connectivity index (χ1v) is 10.8. The van der Waals surface area contributed by atoms with Crippen molar-refractivity contribution in [2.75, 3.05) is 19.5 Å². The lowest BCUT2D eigenvalue weighted by molar-refractivity contribution is -0.146. The van der Waals surface area contributed by atoms with Crippen molar-refractivity contribution in [3.05, 3.63) is 35.7 Å². The number of nitrogens with zero attached hydrogens (tertiary/aromatic N) is 2. The number of rotatable bonds is 6. The Labute approximate surface area is 183 Å². The van der Waals surface area contributed by atoms with Gasteiger partial charge in [-0.2, -0.15) is 0 Å². The van der Waals surface area contributed by atoms with Gasteiger partial charge in [0.05, 0.1) is 31.7 Å². The number of benzene rings is 1. The summed E-state index contributed by atoms with van der Waals surface area (Å²) in [6.07, 6.45) is 4.93. The van der Waals surface area contributed by atoms with Crippen LogP contribution in [0.2, 0.25) is 0 Å². The Morgan fingerprint density at radius 2 is 1.77 bits per heavy atom. The first kappa shape index (κ1) is 21.0. The van der Waals surface area contributed by atoms with Gasteiger partial charge in [-0.25, -0.2) is 4.98 Å². The van der Waals surface area contributed by atoms with Crippen LogP contribution in [0.25, 0.3) is 11.3 Å². The van der Waals surface area contributed by atoms with Crippen molar-refractivity contribution >= 4 is 34.2 Å². The monoisotopic (exact) mass is 441 g/mol.